The minimum Gasteiger partial charge on any atom is -0.497 e. The fraction of sp³-hybridized carbons (Fsp3) is 0.524. The third-order valence-corrected chi connectivity index (χ3v) is 4.70. The first-order valence-corrected chi connectivity index (χ1v) is 9.49. The van der Waals surface area contributed by atoms with Gasteiger partial charge in [0.1, 0.15) is 5.75 Å². The molecule has 0 fully saturated rings. The van der Waals surface area contributed by atoms with E-state index in [1.807, 2.05) is 24.3 Å². The first kappa shape index (κ1) is 21.0. The van der Waals surface area contributed by atoms with Crippen molar-refractivity contribution < 1.29 is 19.4 Å². The Labute approximate surface area is 161 Å². The van der Waals surface area contributed by atoms with Gasteiger partial charge in [0, 0.05) is 19.5 Å². The Morgan fingerprint density at radius 2 is 1.85 bits per heavy atom. The molecule has 0 bridgehead atoms. The van der Waals surface area contributed by atoms with Gasteiger partial charge < -0.3 is 20.5 Å². The Hall–Kier alpha value is -2.34. The molecule has 6 nitrogen and oxygen atoms in total. The summed E-state index contributed by atoms with van der Waals surface area (Å²) in [6.07, 6.45) is 7.98. The number of benzene rings is 1. The Morgan fingerprint density at radius 3 is 2.48 bits per heavy atom. The van der Waals surface area contributed by atoms with Crippen molar-refractivity contribution in [3.63, 3.8) is 0 Å². The van der Waals surface area contributed by atoms with E-state index in [1.54, 1.807) is 14.0 Å². The van der Waals surface area contributed by atoms with Crippen LogP contribution in [-0.4, -0.2) is 42.7 Å². The molecule has 1 aliphatic rings. The summed E-state index contributed by atoms with van der Waals surface area (Å²) >= 11 is 0. The third-order valence-electron chi connectivity index (χ3n) is 4.70. The molecule has 1 aromatic carbocycles. The van der Waals surface area contributed by atoms with Gasteiger partial charge in [-0.25, -0.2) is 0 Å². The van der Waals surface area contributed by atoms with Gasteiger partial charge in [-0.3, -0.25) is 9.59 Å². The number of allylic oxidation sites excluding steroid dienone is 1. The van der Waals surface area contributed by atoms with E-state index in [2.05, 4.69) is 16.7 Å². The highest BCUT2D eigenvalue weighted by atomic mass is 16.5. The summed E-state index contributed by atoms with van der Waals surface area (Å²) in [6.45, 7) is 2.09. The van der Waals surface area contributed by atoms with E-state index in [4.69, 9.17) is 4.74 Å². The number of ether oxygens (including phenoxy) is 1. The molecule has 148 valence electrons. The maximum Gasteiger partial charge on any atom is 0.309 e. The van der Waals surface area contributed by atoms with Crippen molar-refractivity contribution in [2.24, 2.45) is 0 Å². The molecule has 0 radical (unpaired) electrons. The highest BCUT2D eigenvalue weighted by Gasteiger charge is 2.23. The van der Waals surface area contributed by atoms with Crippen molar-refractivity contribution in [2.75, 3.05) is 20.2 Å². The molecule has 0 aliphatic heterocycles. The minimum absolute atomic E-state index is 0.00354. The molecule has 0 aromatic heterocycles. The molecular weight excluding hydrogens is 344 g/mol. The molecular formula is C21H30N2O4. The zero-order chi connectivity index (χ0) is 19.7. The second-order valence-corrected chi connectivity index (χ2v) is 7.32. The maximum atomic E-state index is 11.9. The average molecular weight is 374 g/mol. The van der Waals surface area contributed by atoms with Crippen LogP contribution in [0.25, 0.3) is 0 Å². The van der Waals surface area contributed by atoms with Crippen LogP contribution < -0.4 is 15.4 Å². The van der Waals surface area contributed by atoms with Gasteiger partial charge in [0.15, 0.2) is 0 Å². The number of carbonyl (C=O) groups is 2. The fourth-order valence-electron chi connectivity index (χ4n) is 3.15. The summed E-state index contributed by atoms with van der Waals surface area (Å²) in [5.41, 5.74) is 1.11. The van der Waals surface area contributed by atoms with Crippen molar-refractivity contribution in [2.45, 2.75) is 51.0 Å². The molecule has 2 rings (SSSR count). The molecule has 1 aromatic rings. The molecule has 3 N–H and O–H groups in total. The smallest absolute Gasteiger partial charge is 0.309 e. The number of amides is 2. The minimum atomic E-state index is -1.16. The first-order chi connectivity index (χ1) is 12.9. The van der Waals surface area contributed by atoms with Crippen molar-refractivity contribution >= 4 is 11.8 Å². The third kappa shape index (κ3) is 7.43. The maximum absolute atomic E-state index is 11.9. The first-order valence-electron chi connectivity index (χ1n) is 9.49. The summed E-state index contributed by atoms with van der Waals surface area (Å²) in [4.78, 5) is 23.8. The van der Waals surface area contributed by atoms with Crippen molar-refractivity contribution in [1.29, 1.82) is 0 Å². The molecule has 0 heterocycles. The number of carbonyl (C=O) groups excluding carboxylic acids is 2. The van der Waals surface area contributed by atoms with Crippen LogP contribution in [-0.2, 0) is 16.0 Å². The highest BCUT2D eigenvalue weighted by Crippen LogP contribution is 2.19. The molecule has 1 aliphatic carbocycles. The van der Waals surface area contributed by atoms with E-state index in [0.717, 1.165) is 30.6 Å². The van der Waals surface area contributed by atoms with Gasteiger partial charge in [0.25, 0.3) is 0 Å². The molecule has 1 atom stereocenters. The monoisotopic (exact) mass is 374 g/mol. The Balaban J connectivity index is 1.71. The number of aliphatic hydroxyl groups is 1. The Bertz CT molecular complexity index is 665. The Kier molecular flexibility index (Phi) is 7.85. The van der Waals surface area contributed by atoms with Gasteiger partial charge in [-0.2, -0.15) is 0 Å². The van der Waals surface area contributed by atoms with Crippen LogP contribution in [0, 0.1) is 0 Å². The molecule has 2 amide bonds. The van der Waals surface area contributed by atoms with E-state index in [0.29, 0.717) is 13.0 Å². The number of hydrogen-bond donors (Lipinski definition) is 3. The van der Waals surface area contributed by atoms with E-state index < -0.39 is 17.4 Å². The number of rotatable bonds is 8. The summed E-state index contributed by atoms with van der Waals surface area (Å²) in [6, 6.07) is 7.36. The van der Waals surface area contributed by atoms with E-state index in [-0.39, 0.29) is 6.54 Å². The summed E-state index contributed by atoms with van der Waals surface area (Å²) in [5.74, 6) is -0.637. The van der Waals surface area contributed by atoms with Crippen LogP contribution in [0.3, 0.4) is 0 Å². The van der Waals surface area contributed by atoms with Gasteiger partial charge in [0.05, 0.1) is 12.7 Å². The zero-order valence-electron chi connectivity index (χ0n) is 16.2. The van der Waals surface area contributed by atoms with Crippen LogP contribution in [0.5, 0.6) is 5.75 Å². The highest BCUT2D eigenvalue weighted by molar-refractivity contribution is 6.35. The molecule has 0 saturated heterocycles. The lowest BCUT2D eigenvalue weighted by Gasteiger charge is -2.23. The lowest BCUT2D eigenvalue weighted by atomic mass is 9.96. The van der Waals surface area contributed by atoms with E-state index >= 15 is 0 Å². The number of nitrogens with one attached hydrogen (secondary N) is 2. The normalized spacial score (nSPS) is 16.0. The topological polar surface area (TPSA) is 87.7 Å². The molecule has 1 unspecified atom stereocenters. The van der Waals surface area contributed by atoms with Crippen LogP contribution in [0.2, 0.25) is 0 Å². The van der Waals surface area contributed by atoms with E-state index in [9.17, 15) is 14.7 Å². The molecule has 0 spiro atoms. The molecule has 6 heteroatoms. The summed E-state index contributed by atoms with van der Waals surface area (Å²) in [7, 11) is 1.60. The van der Waals surface area contributed by atoms with Gasteiger partial charge in [-0.1, -0.05) is 23.8 Å². The largest absolute Gasteiger partial charge is 0.497 e. The predicted molar refractivity (Wildman–Crippen MR) is 105 cm³/mol. The molecule has 27 heavy (non-hydrogen) atoms. The van der Waals surface area contributed by atoms with Gasteiger partial charge in [-0.05, 0) is 56.7 Å². The van der Waals surface area contributed by atoms with E-state index in [1.165, 1.54) is 18.4 Å². The number of methoxy groups -OCH3 is 1. The average Bonchev–Trinajstić information content (AvgIpc) is 2.67. The van der Waals surface area contributed by atoms with Gasteiger partial charge >= 0.3 is 11.8 Å². The van der Waals surface area contributed by atoms with Crippen molar-refractivity contribution in [1.82, 2.24) is 10.6 Å². The number of hydrogen-bond acceptors (Lipinski definition) is 4. The van der Waals surface area contributed by atoms with Crippen LogP contribution in [0.4, 0.5) is 0 Å². The zero-order valence-corrected chi connectivity index (χ0v) is 16.2. The quantitative estimate of drug-likeness (QED) is 0.480. The molecule has 0 saturated carbocycles. The lowest BCUT2D eigenvalue weighted by Crippen LogP contribution is -2.47. The second kappa shape index (κ2) is 10.1. The van der Waals surface area contributed by atoms with Crippen molar-refractivity contribution in [3.05, 3.63) is 41.5 Å². The fourth-order valence-corrected chi connectivity index (χ4v) is 3.15. The van der Waals surface area contributed by atoms with Crippen LogP contribution >= 0.6 is 0 Å². The lowest BCUT2D eigenvalue weighted by molar-refractivity contribution is -0.139. The van der Waals surface area contributed by atoms with Crippen molar-refractivity contribution in [3.8, 4) is 5.75 Å². The second-order valence-electron chi connectivity index (χ2n) is 7.32. The van der Waals surface area contributed by atoms with Crippen LogP contribution in [0.1, 0.15) is 44.6 Å². The SMILES string of the molecule is COc1ccc(CC(C)(O)CNC(=O)C(=O)NCCC2=CCCCC2)cc1. The van der Waals surface area contributed by atoms with Crippen LogP contribution in [0.15, 0.2) is 35.9 Å². The van der Waals surface area contributed by atoms with Gasteiger partial charge in [-0.15, -0.1) is 0 Å². The standard InChI is InChI=1S/C21H30N2O4/c1-21(26,14-17-8-10-18(27-2)11-9-17)15-23-20(25)19(24)22-13-12-16-6-4-3-5-7-16/h6,8-11,26H,3-5,7,12-15H2,1-2H3,(H,22,24)(H,23,25). The summed E-state index contributed by atoms with van der Waals surface area (Å²) < 4.78 is 5.11. The van der Waals surface area contributed by atoms with Gasteiger partial charge in [0.2, 0.25) is 0 Å². The summed E-state index contributed by atoms with van der Waals surface area (Å²) in [5, 5.41) is 15.6. The Morgan fingerprint density at radius 1 is 1.15 bits per heavy atom. The predicted octanol–water partition coefficient (Wildman–Crippen LogP) is 2.11.